The highest BCUT2D eigenvalue weighted by molar-refractivity contribution is 5.89. The molecule has 24 heavy (non-hydrogen) atoms. The summed E-state index contributed by atoms with van der Waals surface area (Å²) < 4.78 is 5.34. The first kappa shape index (κ1) is 19.7. The zero-order valence-corrected chi connectivity index (χ0v) is 14.7. The van der Waals surface area contributed by atoms with Gasteiger partial charge in [0.05, 0.1) is 11.8 Å². The molecule has 1 rings (SSSR count). The standard InChI is InChI=1S/C18H26N2O4/c1-18(2,3)15(16(22)20-4)13(10-14(19)21)17(23)24-11-12-8-6-5-7-9-12/h5-9,13,15H,10-11H2,1-4H3,(H2,19,21)(H,20,22)/t13?,15-/m1/s1. The number of hydrogen-bond donors (Lipinski definition) is 2. The van der Waals surface area contributed by atoms with Crippen molar-refractivity contribution in [2.24, 2.45) is 23.0 Å². The second-order valence-electron chi connectivity index (χ2n) is 6.83. The van der Waals surface area contributed by atoms with Crippen LogP contribution in [0.25, 0.3) is 0 Å². The number of carbonyl (C=O) groups is 3. The number of amides is 2. The van der Waals surface area contributed by atoms with Crippen LogP contribution in [-0.4, -0.2) is 24.8 Å². The molecular formula is C18H26N2O4. The van der Waals surface area contributed by atoms with E-state index >= 15 is 0 Å². The summed E-state index contributed by atoms with van der Waals surface area (Å²) >= 11 is 0. The monoisotopic (exact) mass is 334 g/mol. The summed E-state index contributed by atoms with van der Waals surface area (Å²) in [5.41, 5.74) is 5.58. The van der Waals surface area contributed by atoms with Crippen molar-refractivity contribution in [3.63, 3.8) is 0 Å². The van der Waals surface area contributed by atoms with E-state index in [0.29, 0.717) is 0 Å². The molecule has 6 nitrogen and oxygen atoms in total. The van der Waals surface area contributed by atoms with Crippen LogP contribution in [0.5, 0.6) is 0 Å². The average molecular weight is 334 g/mol. The van der Waals surface area contributed by atoms with Crippen LogP contribution in [0.2, 0.25) is 0 Å². The number of nitrogens with two attached hydrogens (primary N) is 1. The summed E-state index contributed by atoms with van der Waals surface area (Å²) in [6.45, 7) is 5.60. The SMILES string of the molecule is CNC(=O)[C@@H](C(CC(N)=O)C(=O)OCc1ccccc1)C(C)(C)C. The Morgan fingerprint density at radius 1 is 1.17 bits per heavy atom. The van der Waals surface area contributed by atoms with E-state index in [1.165, 1.54) is 7.05 Å². The van der Waals surface area contributed by atoms with Gasteiger partial charge in [0.15, 0.2) is 0 Å². The number of hydrogen-bond acceptors (Lipinski definition) is 4. The Morgan fingerprint density at radius 3 is 2.21 bits per heavy atom. The average Bonchev–Trinajstić information content (AvgIpc) is 2.51. The van der Waals surface area contributed by atoms with Crippen molar-refractivity contribution in [3.8, 4) is 0 Å². The zero-order chi connectivity index (χ0) is 18.3. The highest BCUT2D eigenvalue weighted by Crippen LogP contribution is 2.35. The number of rotatable bonds is 7. The largest absolute Gasteiger partial charge is 0.461 e. The van der Waals surface area contributed by atoms with E-state index in [9.17, 15) is 14.4 Å². The quantitative estimate of drug-likeness (QED) is 0.740. The molecule has 0 heterocycles. The molecule has 0 aliphatic carbocycles. The van der Waals surface area contributed by atoms with Crippen molar-refractivity contribution in [1.29, 1.82) is 0 Å². The molecule has 0 spiro atoms. The van der Waals surface area contributed by atoms with Crippen LogP contribution >= 0.6 is 0 Å². The molecule has 0 saturated carbocycles. The molecule has 1 unspecified atom stereocenters. The lowest BCUT2D eigenvalue weighted by Gasteiger charge is -2.34. The van der Waals surface area contributed by atoms with Gasteiger partial charge in [0.25, 0.3) is 0 Å². The Labute approximate surface area is 142 Å². The third-order valence-corrected chi connectivity index (χ3v) is 3.81. The highest BCUT2D eigenvalue weighted by atomic mass is 16.5. The van der Waals surface area contributed by atoms with Gasteiger partial charge in [-0.05, 0) is 11.0 Å². The van der Waals surface area contributed by atoms with Gasteiger partial charge in [0, 0.05) is 13.5 Å². The molecule has 0 bridgehead atoms. The molecule has 6 heteroatoms. The molecule has 0 aliphatic heterocycles. The van der Waals surface area contributed by atoms with Crippen molar-refractivity contribution < 1.29 is 19.1 Å². The van der Waals surface area contributed by atoms with Crippen molar-refractivity contribution in [2.75, 3.05) is 7.05 Å². The molecular weight excluding hydrogens is 308 g/mol. The van der Waals surface area contributed by atoms with Gasteiger partial charge in [-0.15, -0.1) is 0 Å². The van der Waals surface area contributed by atoms with Crippen LogP contribution in [0.1, 0.15) is 32.8 Å². The third kappa shape index (κ3) is 5.68. The lowest BCUT2D eigenvalue weighted by molar-refractivity contribution is -0.158. The number of ether oxygens (including phenoxy) is 1. The zero-order valence-electron chi connectivity index (χ0n) is 14.7. The number of primary amides is 1. The van der Waals surface area contributed by atoms with E-state index in [0.717, 1.165) is 5.56 Å². The number of esters is 1. The Bertz CT molecular complexity index is 578. The molecule has 2 amide bonds. The minimum absolute atomic E-state index is 0.0829. The third-order valence-electron chi connectivity index (χ3n) is 3.81. The van der Waals surface area contributed by atoms with E-state index in [1.54, 1.807) is 0 Å². The highest BCUT2D eigenvalue weighted by Gasteiger charge is 2.42. The maximum Gasteiger partial charge on any atom is 0.310 e. The van der Waals surface area contributed by atoms with Crippen LogP contribution in [0, 0.1) is 17.3 Å². The van der Waals surface area contributed by atoms with Crippen molar-refractivity contribution >= 4 is 17.8 Å². The molecule has 2 atom stereocenters. The fraction of sp³-hybridized carbons (Fsp3) is 0.500. The van der Waals surface area contributed by atoms with Crippen molar-refractivity contribution in [2.45, 2.75) is 33.8 Å². The Morgan fingerprint density at radius 2 is 1.75 bits per heavy atom. The van der Waals surface area contributed by atoms with Gasteiger partial charge < -0.3 is 15.8 Å². The van der Waals surface area contributed by atoms with Crippen LogP contribution in [-0.2, 0) is 25.7 Å². The smallest absolute Gasteiger partial charge is 0.310 e. The fourth-order valence-electron chi connectivity index (χ4n) is 2.72. The minimum Gasteiger partial charge on any atom is -0.461 e. The topological polar surface area (TPSA) is 98.5 Å². The summed E-state index contributed by atoms with van der Waals surface area (Å²) in [5, 5.41) is 2.56. The van der Waals surface area contributed by atoms with Crippen LogP contribution < -0.4 is 11.1 Å². The van der Waals surface area contributed by atoms with Crippen molar-refractivity contribution in [3.05, 3.63) is 35.9 Å². The molecule has 1 aromatic rings. The Balaban J connectivity index is 2.98. The summed E-state index contributed by atoms with van der Waals surface area (Å²) in [5.74, 6) is -3.20. The van der Waals surface area contributed by atoms with Crippen molar-refractivity contribution in [1.82, 2.24) is 5.32 Å². The molecule has 0 saturated heterocycles. The summed E-state index contributed by atoms with van der Waals surface area (Å²) in [7, 11) is 1.50. The molecule has 1 aromatic carbocycles. The van der Waals surface area contributed by atoms with E-state index < -0.39 is 29.1 Å². The van der Waals surface area contributed by atoms with Gasteiger partial charge in [-0.1, -0.05) is 51.1 Å². The number of nitrogens with one attached hydrogen (secondary N) is 1. The second-order valence-corrected chi connectivity index (χ2v) is 6.83. The lowest BCUT2D eigenvalue weighted by atomic mass is 9.71. The molecule has 0 fully saturated rings. The van der Waals surface area contributed by atoms with Gasteiger partial charge in [-0.25, -0.2) is 0 Å². The van der Waals surface area contributed by atoms with Crippen LogP contribution in [0.3, 0.4) is 0 Å². The number of carbonyl (C=O) groups excluding carboxylic acids is 3. The van der Waals surface area contributed by atoms with Gasteiger partial charge in [-0.2, -0.15) is 0 Å². The molecule has 3 N–H and O–H groups in total. The maximum absolute atomic E-state index is 12.6. The minimum atomic E-state index is -0.925. The van der Waals surface area contributed by atoms with Crippen LogP contribution in [0.4, 0.5) is 0 Å². The lowest BCUT2D eigenvalue weighted by Crippen LogP contribution is -2.45. The molecule has 132 valence electrons. The first-order valence-electron chi connectivity index (χ1n) is 7.87. The van der Waals surface area contributed by atoms with E-state index in [2.05, 4.69) is 5.32 Å². The summed E-state index contributed by atoms with van der Waals surface area (Å²) in [4.78, 5) is 36.3. The first-order valence-corrected chi connectivity index (χ1v) is 7.87. The molecule has 0 aliphatic rings. The number of benzene rings is 1. The normalized spacial score (nSPS) is 13.7. The molecule has 0 aromatic heterocycles. The van der Waals surface area contributed by atoms with Crippen LogP contribution in [0.15, 0.2) is 30.3 Å². The predicted molar refractivity (Wildman–Crippen MR) is 90.6 cm³/mol. The second kappa shape index (κ2) is 8.47. The predicted octanol–water partition coefficient (Wildman–Crippen LogP) is 1.63. The van der Waals surface area contributed by atoms with Gasteiger partial charge in [0.2, 0.25) is 11.8 Å². The van der Waals surface area contributed by atoms with Gasteiger partial charge in [0.1, 0.15) is 6.61 Å². The van der Waals surface area contributed by atoms with Gasteiger partial charge >= 0.3 is 5.97 Å². The Hall–Kier alpha value is -2.37. The maximum atomic E-state index is 12.6. The van der Waals surface area contributed by atoms with Gasteiger partial charge in [-0.3, -0.25) is 14.4 Å². The fourth-order valence-corrected chi connectivity index (χ4v) is 2.72. The Kier molecular flexibility index (Phi) is 6.95. The van der Waals surface area contributed by atoms with E-state index in [-0.39, 0.29) is 18.9 Å². The van der Waals surface area contributed by atoms with E-state index in [1.807, 2.05) is 51.1 Å². The van der Waals surface area contributed by atoms with E-state index in [4.69, 9.17) is 10.5 Å². The first-order chi connectivity index (χ1) is 11.2. The summed E-state index contributed by atoms with van der Waals surface area (Å²) in [6, 6.07) is 9.20. The summed E-state index contributed by atoms with van der Waals surface area (Å²) in [6.07, 6.45) is -0.233. The molecule has 0 radical (unpaired) electrons.